The maximum absolute atomic E-state index is 13.1. The number of piperidine rings is 1. The molecule has 6 heteroatoms. The van der Waals surface area contributed by atoms with Crippen molar-refractivity contribution < 1.29 is 18.7 Å². The lowest BCUT2D eigenvalue weighted by Crippen LogP contribution is -2.33. The number of likely N-dealkylation sites (tertiary alicyclic amines) is 1. The first-order valence-electron chi connectivity index (χ1n) is 9.84. The molecule has 0 aliphatic carbocycles. The molecule has 0 saturated carbocycles. The molecule has 3 aromatic rings. The van der Waals surface area contributed by atoms with Gasteiger partial charge in [0.25, 0.3) is 0 Å². The van der Waals surface area contributed by atoms with E-state index < -0.39 is 5.97 Å². The van der Waals surface area contributed by atoms with Crippen molar-refractivity contribution in [2.24, 2.45) is 0 Å². The summed E-state index contributed by atoms with van der Waals surface area (Å²) < 4.78 is 19.1. The van der Waals surface area contributed by atoms with E-state index in [1.165, 1.54) is 12.1 Å². The second kappa shape index (κ2) is 8.57. The molecule has 0 bridgehead atoms. The molecule has 2 aromatic carbocycles. The van der Waals surface area contributed by atoms with E-state index in [4.69, 9.17) is 9.52 Å². The van der Waals surface area contributed by atoms with E-state index in [1.807, 2.05) is 12.1 Å². The van der Waals surface area contributed by atoms with Crippen molar-refractivity contribution in [1.29, 1.82) is 0 Å². The molecule has 1 saturated heterocycles. The van der Waals surface area contributed by atoms with Crippen molar-refractivity contribution in [2.75, 3.05) is 6.54 Å². The van der Waals surface area contributed by atoms with Gasteiger partial charge in [0.05, 0.1) is 17.8 Å². The van der Waals surface area contributed by atoms with Crippen LogP contribution in [0.15, 0.2) is 59.1 Å². The third-order valence-electron chi connectivity index (χ3n) is 5.35. The lowest BCUT2D eigenvalue weighted by Gasteiger charge is -2.33. The third kappa shape index (κ3) is 4.71. The van der Waals surface area contributed by atoms with Gasteiger partial charge in [-0.05, 0) is 54.8 Å². The first-order valence-corrected chi connectivity index (χ1v) is 9.84. The first kappa shape index (κ1) is 19.3. The van der Waals surface area contributed by atoms with Crippen LogP contribution in [-0.4, -0.2) is 27.5 Å². The van der Waals surface area contributed by atoms with Gasteiger partial charge in [-0.25, -0.2) is 14.2 Å². The second-order valence-corrected chi connectivity index (χ2v) is 7.45. The lowest BCUT2D eigenvalue weighted by molar-refractivity contribution is 0.0697. The van der Waals surface area contributed by atoms with Crippen LogP contribution in [-0.2, 0) is 13.0 Å². The standard InChI is InChI=1S/C23H23FN2O3/c24-19-10-6-16(7-11-19)13-20-14-25-22(29-20)21-3-1-2-12-26(21)15-17-4-8-18(9-5-17)23(27)28/h4-11,14,21H,1-3,12-13,15H2,(H,27,28)/t21-/m0/s1. The highest BCUT2D eigenvalue weighted by Crippen LogP contribution is 2.32. The maximum Gasteiger partial charge on any atom is 0.335 e. The number of aromatic nitrogens is 1. The molecular formula is C23H23FN2O3. The van der Waals surface area contributed by atoms with E-state index in [9.17, 15) is 9.18 Å². The number of carboxylic acid groups (broad SMARTS) is 1. The summed E-state index contributed by atoms with van der Waals surface area (Å²) in [7, 11) is 0. The van der Waals surface area contributed by atoms with Crippen molar-refractivity contribution in [3.63, 3.8) is 0 Å². The quantitative estimate of drug-likeness (QED) is 0.649. The molecule has 1 aromatic heterocycles. The zero-order chi connectivity index (χ0) is 20.2. The van der Waals surface area contributed by atoms with Gasteiger partial charge in [0, 0.05) is 13.0 Å². The van der Waals surface area contributed by atoms with Crippen LogP contribution in [0.1, 0.15) is 58.4 Å². The SMILES string of the molecule is O=C(O)c1ccc(CN2CCCC[C@H]2c2ncc(Cc3ccc(F)cc3)o2)cc1. The van der Waals surface area contributed by atoms with E-state index in [-0.39, 0.29) is 11.9 Å². The Kier molecular flexibility index (Phi) is 5.71. The van der Waals surface area contributed by atoms with Crippen molar-refractivity contribution in [3.8, 4) is 0 Å². The molecule has 150 valence electrons. The predicted octanol–water partition coefficient (Wildman–Crippen LogP) is 4.83. The van der Waals surface area contributed by atoms with E-state index in [0.717, 1.165) is 49.2 Å². The van der Waals surface area contributed by atoms with Crippen molar-refractivity contribution in [2.45, 2.75) is 38.3 Å². The fourth-order valence-corrected chi connectivity index (χ4v) is 3.81. The number of hydrogen-bond acceptors (Lipinski definition) is 4. The molecule has 0 spiro atoms. The average Bonchev–Trinajstić information content (AvgIpc) is 3.19. The number of aromatic carboxylic acids is 1. The largest absolute Gasteiger partial charge is 0.478 e. The number of benzene rings is 2. The van der Waals surface area contributed by atoms with Gasteiger partial charge >= 0.3 is 5.97 Å². The highest BCUT2D eigenvalue weighted by atomic mass is 19.1. The van der Waals surface area contributed by atoms with Gasteiger partial charge in [0.2, 0.25) is 5.89 Å². The Morgan fingerprint density at radius 3 is 2.55 bits per heavy atom. The van der Waals surface area contributed by atoms with E-state index in [0.29, 0.717) is 17.9 Å². The Hall–Kier alpha value is -2.99. The van der Waals surface area contributed by atoms with Crippen LogP contribution in [0.3, 0.4) is 0 Å². The number of carbonyl (C=O) groups is 1. The van der Waals surface area contributed by atoms with E-state index >= 15 is 0 Å². The summed E-state index contributed by atoms with van der Waals surface area (Å²) in [5.74, 6) is 0.314. The molecule has 1 fully saturated rings. The van der Waals surface area contributed by atoms with Gasteiger partial charge in [-0.2, -0.15) is 0 Å². The van der Waals surface area contributed by atoms with Crippen LogP contribution in [0.2, 0.25) is 0 Å². The molecular weight excluding hydrogens is 371 g/mol. The van der Waals surface area contributed by atoms with Crippen LogP contribution in [0.25, 0.3) is 0 Å². The van der Waals surface area contributed by atoms with Crippen LogP contribution >= 0.6 is 0 Å². The number of hydrogen-bond donors (Lipinski definition) is 1. The summed E-state index contributed by atoms with van der Waals surface area (Å²) in [5.41, 5.74) is 2.34. The molecule has 1 N–H and O–H groups in total. The minimum Gasteiger partial charge on any atom is -0.478 e. The molecule has 5 nitrogen and oxygen atoms in total. The highest BCUT2D eigenvalue weighted by Gasteiger charge is 2.28. The van der Waals surface area contributed by atoms with Gasteiger partial charge in [0.15, 0.2) is 0 Å². The molecule has 1 atom stereocenters. The minimum absolute atomic E-state index is 0.102. The fraction of sp³-hybridized carbons (Fsp3) is 0.304. The lowest BCUT2D eigenvalue weighted by atomic mass is 10.0. The van der Waals surface area contributed by atoms with Gasteiger partial charge in [0.1, 0.15) is 11.6 Å². The minimum atomic E-state index is -0.916. The molecule has 0 unspecified atom stereocenters. The number of nitrogens with zero attached hydrogens (tertiary/aromatic N) is 2. The number of carboxylic acids is 1. The Morgan fingerprint density at radius 1 is 1.10 bits per heavy atom. The number of halogens is 1. The topological polar surface area (TPSA) is 66.6 Å². The zero-order valence-electron chi connectivity index (χ0n) is 16.1. The number of oxazole rings is 1. The van der Waals surface area contributed by atoms with Gasteiger partial charge in [-0.3, -0.25) is 4.90 Å². The molecule has 1 aliphatic heterocycles. The smallest absolute Gasteiger partial charge is 0.335 e. The molecule has 29 heavy (non-hydrogen) atoms. The van der Waals surface area contributed by atoms with Gasteiger partial charge < -0.3 is 9.52 Å². The Bertz CT molecular complexity index is 967. The summed E-state index contributed by atoms with van der Waals surface area (Å²) in [6, 6.07) is 13.5. The second-order valence-electron chi connectivity index (χ2n) is 7.45. The average molecular weight is 394 g/mol. The predicted molar refractivity (Wildman–Crippen MR) is 106 cm³/mol. The molecule has 2 heterocycles. The van der Waals surface area contributed by atoms with Crippen molar-refractivity contribution in [3.05, 3.63) is 88.9 Å². The normalized spacial score (nSPS) is 17.3. The van der Waals surface area contributed by atoms with Crippen LogP contribution in [0.5, 0.6) is 0 Å². The van der Waals surface area contributed by atoms with Crippen molar-refractivity contribution in [1.82, 2.24) is 9.88 Å². The van der Waals surface area contributed by atoms with Gasteiger partial charge in [-0.1, -0.05) is 30.7 Å². The Labute approximate surface area is 168 Å². The Balaban J connectivity index is 1.46. The first-order chi connectivity index (χ1) is 14.1. The van der Waals surface area contributed by atoms with Gasteiger partial charge in [-0.15, -0.1) is 0 Å². The van der Waals surface area contributed by atoms with Crippen LogP contribution < -0.4 is 0 Å². The molecule has 0 radical (unpaired) electrons. The van der Waals surface area contributed by atoms with Crippen LogP contribution in [0.4, 0.5) is 4.39 Å². The highest BCUT2D eigenvalue weighted by molar-refractivity contribution is 5.87. The van der Waals surface area contributed by atoms with Crippen LogP contribution in [0, 0.1) is 5.82 Å². The maximum atomic E-state index is 13.1. The van der Waals surface area contributed by atoms with E-state index in [1.54, 1.807) is 30.5 Å². The zero-order valence-corrected chi connectivity index (χ0v) is 16.1. The number of rotatable bonds is 6. The molecule has 1 aliphatic rings. The molecule has 4 rings (SSSR count). The molecule has 0 amide bonds. The fourth-order valence-electron chi connectivity index (χ4n) is 3.81. The van der Waals surface area contributed by atoms with E-state index in [2.05, 4.69) is 9.88 Å². The van der Waals surface area contributed by atoms with Crippen molar-refractivity contribution >= 4 is 5.97 Å². The Morgan fingerprint density at radius 2 is 1.83 bits per heavy atom. The monoisotopic (exact) mass is 394 g/mol. The summed E-state index contributed by atoms with van der Waals surface area (Å²) in [6.45, 7) is 1.67. The third-order valence-corrected chi connectivity index (χ3v) is 5.35. The summed E-state index contributed by atoms with van der Waals surface area (Å²) in [5, 5.41) is 9.06. The summed E-state index contributed by atoms with van der Waals surface area (Å²) >= 11 is 0. The summed E-state index contributed by atoms with van der Waals surface area (Å²) in [6.07, 6.45) is 5.55. The summed E-state index contributed by atoms with van der Waals surface area (Å²) in [4.78, 5) is 17.9.